The highest BCUT2D eigenvalue weighted by molar-refractivity contribution is 14.1. The molecule has 0 aliphatic rings. The zero-order chi connectivity index (χ0) is 8.72. The first-order valence-corrected chi connectivity index (χ1v) is 5.18. The van der Waals surface area contributed by atoms with Crippen molar-refractivity contribution in [3.8, 4) is 11.5 Å². The zero-order valence-corrected chi connectivity index (χ0v) is 8.89. The van der Waals surface area contributed by atoms with E-state index in [1.165, 1.54) is 11.3 Å². The van der Waals surface area contributed by atoms with Gasteiger partial charge < -0.3 is 10.2 Å². The average molecular weight is 292 g/mol. The summed E-state index contributed by atoms with van der Waals surface area (Å²) in [5.74, 6) is 0.502. The smallest absolute Gasteiger partial charge is 0.147 e. The van der Waals surface area contributed by atoms with Gasteiger partial charge in [0.15, 0.2) is 0 Å². The Kier molecular flexibility index (Phi) is 1.88. The van der Waals surface area contributed by atoms with Crippen molar-refractivity contribution in [3.63, 3.8) is 0 Å². The molecule has 2 rings (SSSR count). The minimum absolute atomic E-state index is 0.232. The van der Waals surface area contributed by atoms with Crippen LogP contribution in [0.3, 0.4) is 0 Å². The topological polar surface area (TPSA) is 40.5 Å². The predicted molar refractivity (Wildman–Crippen MR) is 57.9 cm³/mol. The lowest BCUT2D eigenvalue weighted by Gasteiger charge is -1.92. The van der Waals surface area contributed by atoms with Gasteiger partial charge in [0.05, 0.1) is 4.70 Å². The third-order valence-electron chi connectivity index (χ3n) is 1.63. The average Bonchev–Trinajstić information content (AvgIpc) is 2.32. The fourth-order valence-electron chi connectivity index (χ4n) is 1.06. The van der Waals surface area contributed by atoms with Crippen LogP contribution in [0.1, 0.15) is 0 Å². The van der Waals surface area contributed by atoms with Crippen molar-refractivity contribution >= 4 is 44.0 Å². The normalized spacial score (nSPS) is 10.8. The lowest BCUT2D eigenvalue weighted by molar-refractivity contribution is 0.477. The molecular weight excluding hydrogens is 287 g/mol. The number of fused-ring (bicyclic) bond motifs is 1. The molecule has 0 spiro atoms. The van der Waals surface area contributed by atoms with E-state index in [0.29, 0.717) is 0 Å². The fraction of sp³-hybridized carbons (Fsp3) is 0. The predicted octanol–water partition coefficient (Wildman–Crippen LogP) is 2.92. The van der Waals surface area contributed by atoms with E-state index in [2.05, 4.69) is 22.6 Å². The van der Waals surface area contributed by atoms with E-state index in [9.17, 15) is 10.2 Å². The number of hydrogen-bond donors (Lipinski definition) is 2. The minimum Gasteiger partial charge on any atom is -0.506 e. The molecule has 0 fully saturated rings. The first-order chi connectivity index (χ1) is 5.70. The van der Waals surface area contributed by atoms with Crippen molar-refractivity contribution in [2.45, 2.75) is 0 Å². The van der Waals surface area contributed by atoms with Crippen LogP contribution >= 0.6 is 33.9 Å². The monoisotopic (exact) mass is 292 g/mol. The van der Waals surface area contributed by atoms with Gasteiger partial charge in [-0.15, -0.1) is 11.3 Å². The van der Waals surface area contributed by atoms with E-state index in [4.69, 9.17) is 0 Å². The maximum Gasteiger partial charge on any atom is 0.147 e. The number of hydrogen-bond acceptors (Lipinski definition) is 3. The molecule has 0 aliphatic heterocycles. The SMILES string of the molecule is Oc1c(I)sc2c(O)cccc12. The van der Waals surface area contributed by atoms with Crippen molar-refractivity contribution < 1.29 is 10.2 Å². The van der Waals surface area contributed by atoms with Gasteiger partial charge in [0.1, 0.15) is 14.4 Å². The van der Waals surface area contributed by atoms with Gasteiger partial charge in [0, 0.05) is 5.39 Å². The molecular formula is C8H5IO2S. The summed E-state index contributed by atoms with van der Waals surface area (Å²) in [7, 11) is 0. The molecule has 2 aromatic rings. The van der Waals surface area contributed by atoms with Gasteiger partial charge in [-0.05, 0) is 34.7 Å². The van der Waals surface area contributed by atoms with Gasteiger partial charge in [-0.1, -0.05) is 6.07 Å². The van der Waals surface area contributed by atoms with Crippen LogP contribution in [0, 0.1) is 2.88 Å². The molecule has 0 saturated carbocycles. The molecule has 2 N–H and O–H groups in total. The Bertz CT molecular complexity index is 436. The van der Waals surface area contributed by atoms with Gasteiger partial charge in [-0.3, -0.25) is 0 Å². The number of aromatic hydroxyl groups is 2. The summed E-state index contributed by atoms with van der Waals surface area (Å²) < 4.78 is 1.56. The molecule has 0 bridgehead atoms. The molecule has 0 radical (unpaired) electrons. The van der Waals surface area contributed by atoms with E-state index in [0.717, 1.165) is 13.0 Å². The molecule has 62 valence electrons. The third-order valence-corrected chi connectivity index (χ3v) is 3.80. The Morgan fingerprint density at radius 2 is 2.00 bits per heavy atom. The van der Waals surface area contributed by atoms with E-state index in [-0.39, 0.29) is 11.5 Å². The van der Waals surface area contributed by atoms with E-state index >= 15 is 0 Å². The Balaban J connectivity index is 2.95. The van der Waals surface area contributed by atoms with Crippen LogP contribution in [0.4, 0.5) is 0 Å². The molecule has 4 heteroatoms. The van der Waals surface area contributed by atoms with Crippen LogP contribution in [-0.2, 0) is 0 Å². The van der Waals surface area contributed by atoms with E-state index in [1.54, 1.807) is 18.2 Å². The summed E-state index contributed by atoms with van der Waals surface area (Å²) in [6.07, 6.45) is 0. The van der Waals surface area contributed by atoms with Crippen molar-refractivity contribution in [2.75, 3.05) is 0 Å². The number of halogens is 1. The molecule has 1 aromatic carbocycles. The molecule has 2 nitrogen and oxygen atoms in total. The summed E-state index contributed by atoms with van der Waals surface area (Å²) >= 11 is 3.44. The third kappa shape index (κ3) is 1.06. The molecule has 0 amide bonds. The van der Waals surface area contributed by atoms with Crippen molar-refractivity contribution in [2.24, 2.45) is 0 Å². The van der Waals surface area contributed by atoms with Gasteiger partial charge >= 0.3 is 0 Å². The van der Waals surface area contributed by atoms with Crippen LogP contribution in [-0.4, -0.2) is 10.2 Å². The molecule has 0 atom stereocenters. The maximum atomic E-state index is 9.51. The number of phenolic OH excluding ortho intramolecular Hbond substituents is 1. The number of rotatable bonds is 0. The number of thiophene rings is 1. The molecule has 12 heavy (non-hydrogen) atoms. The Morgan fingerprint density at radius 1 is 1.25 bits per heavy atom. The first kappa shape index (κ1) is 8.12. The summed E-state index contributed by atoms with van der Waals surface area (Å²) in [5.41, 5.74) is 0. The Morgan fingerprint density at radius 3 is 2.67 bits per heavy atom. The van der Waals surface area contributed by atoms with Crippen LogP contribution in [0.25, 0.3) is 10.1 Å². The largest absolute Gasteiger partial charge is 0.506 e. The lowest BCUT2D eigenvalue weighted by atomic mass is 10.2. The highest BCUT2D eigenvalue weighted by Crippen LogP contribution is 2.41. The molecule has 0 unspecified atom stereocenters. The van der Waals surface area contributed by atoms with Gasteiger partial charge in [0.2, 0.25) is 0 Å². The second-order valence-corrected chi connectivity index (χ2v) is 5.21. The van der Waals surface area contributed by atoms with Crippen LogP contribution in [0.5, 0.6) is 11.5 Å². The fourth-order valence-corrected chi connectivity index (χ4v) is 2.85. The second kappa shape index (κ2) is 2.77. The summed E-state index contributed by atoms with van der Waals surface area (Å²) in [4.78, 5) is 0. The van der Waals surface area contributed by atoms with Gasteiger partial charge in [-0.2, -0.15) is 0 Å². The van der Waals surface area contributed by atoms with Crippen molar-refractivity contribution in [3.05, 3.63) is 21.1 Å². The van der Waals surface area contributed by atoms with E-state index < -0.39 is 0 Å². The number of benzene rings is 1. The maximum absolute atomic E-state index is 9.51. The minimum atomic E-state index is 0.232. The quantitative estimate of drug-likeness (QED) is 0.733. The van der Waals surface area contributed by atoms with Gasteiger partial charge in [-0.25, -0.2) is 0 Å². The summed E-state index contributed by atoms with van der Waals surface area (Å²) in [6, 6.07) is 5.14. The molecule has 0 aliphatic carbocycles. The highest BCUT2D eigenvalue weighted by Gasteiger charge is 2.10. The summed E-state index contributed by atoms with van der Waals surface area (Å²) in [5, 5.41) is 19.6. The zero-order valence-electron chi connectivity index (χ0n) is 5.91. The molecule has 1 aromatic heterocycles. The Labute approximate surface area is 86.6 Å². The van der Waals surface area contributed by atoms with Crippen LogP contribution in [0.15, 0.2) is 18.2 Å². The standard InChI is InChI=1S/C8H5IO2S/c9-8-6(11)4-2-1-3-5(10)7(4)12-8/h1-3,10-11H. The highest BCUT2D eigenvalue weighted by atomic mass is 127. The number of phenols is 1. The molecule has 1 heterocycles. The summed E-state index contributed by atoms with van der Waals surface area (Å²) in [6.45, 7) is 0. The van der Waals surface area contributed by atoms with Gasteiger partial charge in [0.25, 0.3) is 0 Å². The van der Waals surface area contributed by atoms with Crippen molar-refractivity contribution in [1.82, 2.24) is 0 Å². The second-order valence-electron chi connectivity index (χ2n) is 2.38. The lowest BCUT2D eigenvalue weighted by Crippen LogP contribution is -1.65. The van der Waals surface area contributed by atoms with E-state index in [1.807, 2.05) is 0 Å². The van der Waals surface area contributed by atoms with Crippen LogP contribution < -0.4 is 0 Å². The van der Waals surface area contributed by atoms with Crippen LogP contribution in [0.2, 0.25) is 0 Å². The molecule has 0 saturated heterocycles. The first-order valence-electron chi connectivity index (χ1n) is 3.29. The van der Waals surface area contributed by atoms with Crippen molar-refractivity contribution in [1.29, 1.82) is 0 Å². The Hall–Kier alpha value is -0.490.